The van der Waals surface area contributed by atoms with Crippen molar-refractivity contribution < 1.29 is 18.8 Å². The summed E-state index contributed by atoms with van der Waals surface area (Å²) >= 11 is -1.38. The third kappa shape index (κ3) is 3.07. The number of rotatable bonds is 3. The monoisotopic (exact) mass is 368 g/mol. The van der Waals surface area contributed by atoms with Crippen LogP contribution in [0.25, 0.3) is 0 Å². The maximum absolute atomic E-state index is 14.6. The number of nitrogens with one attached hydrogen (secondary N) is 2. The number of hydrogen-bond acceptors (Lipinski definition) is 4. The lowest BCUT2D eigenvalue weighted by Gasteiger charge is -2.43. The first-order valence-electron chi connectivity index (χ1n) is 8.58. The van der Waals surface area contributed by atoms with E-state index in [0.29, 0.717) is 31.5 Å². The van der Waals surface area contributed by atoms with E-state index in [9.17, 15) is 18.8 Å². The van der Waals surface area contributed by atoms with Gasteiger partial charge in [0, 0.05) is 22.3 Å². The predicted molar refractivity (Wildman–Crippen MR) is 95.1 cm³/mol. The Morgan fingerprint density at radius 1 is 1.40 bits per heavy atom. The molecule has 1 saturated heterocycles. The van der Waals surface area contributed by atoms with Crippen LogP contribution in [0.2, 0.25) is 0 Å². The minimum atomic E-state index is -1.38. The number of carboxylic acid groups (broad SMARTS) is 1. The van der Waals surface area contributed by atoms with Crippen LogP contribution in [0.3, 0.4) is 0 Å². The highest BCUT2D eigenvalue weighted by molar-refractivity contribution is 7.90. The molecular weight excluding hydrogens is 343 g/mol. The van der Waals surface area contributed by atoms with Crippen molar-refractivity contribution in [2.45, 2.75) is 50.3 Å². The molecule has 0 unspecified atom stereocenters. The summed E-state index contributed by atoms with van der Waals surface area (Å²) in [5.74, 6) is -2.44. The molecule has 7 heteroatoms. The Kier molecular flexibility index (Phi) is 4.87. The summed E-state index contributed by atoms with van der Waals surface area (Å²) in [6.45, 7) is 6.92. The summed E-state index contributed by atoms with van der Waals surface area (Å²) in [6, 6.07) is 4.23. The highest BCUT2D eigenvalue weighted by Gasteiger charge is 2.59. The fourth-order valence-corrected chi connectivity index (χ4v) is 5.11. The fraction of sp³-hybridized carbons (Fsp3) is 0.611. The predicted octanol–water partition coefficient (Wildman–Crippen LogP) is 2.47. The van der Waals surface area contributed by atoms with Crippen molar-refractivity contribution in [3.8, 4) is 0 Å². The van der Waals surface area contributed by atoms with Gasteiger partial charge in [0.15, 0.2) is 0 Å². The van der Waals surface area contributed by atoms with Crippen molar-refractivity contribution in [2.24, 2.45) is 5.41 Å². The maximum Gasteiger partial charge on any atom is 0.311 e. The van der Waals surface area contributed by atoms with Crippen molar-refractivity contribution in [3.63, 3.8) is 0 Å². The van der Waals surface area contributed by atoms with E-state index in [0.717, 1.165) is 0 Å². The van der Waals surface area contributed by atoms with Crippen LogP contribution >= 0.6 is 0 Å². The number of aliphatic carboxylic acids is 1. The summed E-state index contributed by atoms with van der Waals surface area (Å²) in [5.41, 5.74) is 0.204. The van der Waals surface area contributed by atoms with E-state index >= 15 is 0 Å². The second-order valence-electron chi connectivity index (χ2n) is 7.93. The van der Waals surface area contributed by atoms with E-state index in [2.05, 4.69) is 10.0 Å². The molecule has 1 aliphatic heterocycles. The van der Waals surface area contributed by atoms with Gasteiger partial charge in [-0.25, -0.2) is 4.39 Å². The normalized spacial score (nSPS) is 26.4. The number of hydrogen-bond donors (Lipinski definition) is 3. The molecule has 1 aromatic rings. The van der Waals surface area contributed by atoms with Gasteiger partial charge in [-0.05, 0) is 58.3 Å². The van der Waals surface area contributed by atoms with Gasteiger partial charge in [-0.2, -0.15) is 0 Å². The average Bonchev–Trinajstić information content (AvgIpc) is 2.79. The molecule has 138 valence electrons. The molecule has 1 aliphatic carbocycles. The first kappa shape index (κ1) is 18.6. The van der Waals surface area contributed by atoms with E-state index in [1.54, 1.807) is 12.1 Å². The van der Waals surface area contributed by atoms with Crippen LogP contribution in [0, 0.1) is 11.2 Å². The largest absolute Gasteiger partial charge is 0.598 e. The summed E-state index contributed by atoms with van der Waals surface area (Å²) in [6.07, 6.45) is 1.19. The highest BCUT2D eigenvalue weighted by atomic mass is 32.2. The molecule has 1 fully saturated rings. The van der Waals surface area contributed by atoms with Crippen LogP contribution in [0.1, 0.15) is 56.7 Å². The Morgan fingerprint density at radius 3 is 2.60 bits per heavy atom. The van der Waals surface area contributed by atoms with E-state index in [1.807, 2.05) is 20.8 Å². The van der Waals surface area contributed by atoms with Gasteiger partial charge in [-0.3, -0.25) is 4.79 Å². The first-order valence-corrected chi connectivity index (χ1v) is 9.73. The smallest absolute Gasteiger partial charge is 0.311 e. The Labute approximate surface area is 150 Å². The standard InChI is InChI=1S/C18H25FN2O3S/c1-17(2,3)25(24)21-15-11-5-4-6-12(19)13(11)14(16(22)23)18(15)7-9-20-10-8-18/h4-6,14-15,20-21H,7-10H2,1-3H3,(H,22,23)/t14-,15-,25-/m1/s1. The number of benzene rings is 1. The molecule has 25 heavy (non-hydrogen) atoms. The lowest BCUT2D eigenvalue weighted by Crippen LogP contribution is -2.50. The molecule has 1 spiro atoms. The molecule has 1 heterocycles. The van der Waals surface area contributed by atoms with E-state index < -0.39 is 45.3 Å². The van der Waals surface area contributed by atoms with Gasteiger partial charge in [-0.1, -0.05) is 12.1 Å². The SMILES string of the molecule is CC(C)(C)[S@@+]([O-])N[C@@H]1c2cccc(F)c2[C@H](C(=O)O)C12CCNCC2. The van der Waals surface area contributed by atoms with Crippen LogP contribution < -0.4 is 10.0 Å². The van der Waals surface area contributed by atoms with Crippen molar-refractivity contribution >= 4 is 17.3 Å². The van der Waals surface area contributed by atoms with Crippen LogP contribution in [-0.4, -0.2) is 33.5 Å². The van der Waals surface area contributed by atoms with Crippen molar-refractivity contribution in [2.75, 3.05) is 13.1 Å². The third-order valence-corrected chi connectivity index (χ3v) is 6.96. The zero-order valence-electron chi connectivity index (χ0n) is 14.8. The molecule has 0 aromatic heterocycles. The second kappa shape index (κ2) is 6.54. The molecule has 3 N–H and O–H groups in total. The first-order chi connectivity index (χ1) is 11.7. The Morgan fingerprint density at radius 2 is 2.04 bits per heavy atom. The molecule has 5 nitrogen and oxygen atoms in total. The Hall–Kier alpha value is -1.15. The van der Waals surface area contributed by atoms with Gasteiger partial charge in [-0.15, -0.1) is 4.72 Å². The Bertz CT molecular complexity index is 671. The van der Waals surface area contributed by atoms with E-state index in [1.165, 1.54) is 6.07 Å². The van der Waals surface area contributed by atoms with Crippen LogP contribution in [0.4, 0.5) is 4.39 Å². The van der Waals surface area contributed by atoms with Crippen LogP contribution in [-0.2, 0) is 16.2 Å². The third-order valence-electron chi connectivity index (χ3n) is 5.40. The molecule has 3 rings (SSSR count). The zero-order valence-corrected chi connectivity index (χ0v) is 15.6. The van der Waals surface area contributed by atoms with Gasteiger partial charge >= 0.3 is 5.97 Å². The van der Waals surface area contributed by atoms with Gasteiger partial charge in [0.25, 0.3) is 0 Å². The summed E-state index contributed by atoms with van der Waals surface area (Å²) < 4.78 is 30.0. The molecule has 0 saturated carbocycles. The van der Waals surface area contributed by atoms with Gasteiger partial charge in [0.1, 0.15) is 10.6 Å². The molecule has 0 radical (unpaired) electrons. The molecular formula is C18H25FN2O3S. The number of halogens is 1. The van der Waals surface area contributed by atoms with Gasteiger partial charge in [0.2, 0.25) is 0 Å². The minimum absolute atomic E-state index is 0.250. The van der Waals surface area contributed by atoms with Crippen LogP contribution in [0.5, 0.6) is 0 Å². The van der Waals surface area contributed by atoms with E-state index in [4.69, 9.17) is 0 Å². The molecule has 2 aliphatic rings. The summed E-state index contributed by atoms with van der Waals surface area (Å²) in [4.78, 5) is 12.1. The quantitative estimate of drug-likeness (QED) is 0.714. The lowest BCUT2D eigenvalue weighted by atomic mass is 9.67. The average molecular weight is 368 g/mol. The summed E-state index contributed by atoms with van der Waals surface area (Å²) in [7, 11) is 0. The van der Waals surface area contributed by atoms with Crippen molar-refractivity contribution in [1.29, 1.82) is 0 Å². The lowest BCUT2D eigenvalue weighted by molar-refractivity contribution is -0.143. The maximum atomic E-state index is 14.6. The van der Waals surface area contributed by atoms with Gasteiger partial charge in [0.05, 0.1) is 12.0 Å². The Balaban J connectivity index is 2.13. The number of fused-ring (bicyclic) bond motifs is 1. The minimum Gasteiger partial charge on any atom is -0.598 e. The number of carboxylic acids is 1. The molecule has 0 bridgehead atoms. The van der Waals surface area contributed by atoms with Crippen LogP contribution in [0.15, 0.2) is 18.2 Å². The van der Waals surface area contributed by atoms with E-state index in [-0.39, 0.29) is 5.56 Å². The molecule has 3 atom stereocenters. The number of carbonyl (C=O) groups is 1. The second-order valence-corrected chi connectivity index (χ2v) is 9.93. The highest BCUT2D eigenvalue weighted by Crippen LogP contribution is 2.59. The topological polar surface area (TPSA) is 84.4 Å². The molecule has 1 aromatic carbocycles. The van der Waals surface area contributed by atoms with Crippen molar-refractivity contribution in [3.05, 3.63) is 35.1 Å². The van der Waals surface area contributed by atoms with Gasteiger partial charge < -0.3 is 15.0 Å². The summed E-state index contributed by atoms with van der Waals surface area (Å²) in [5, 5.41) is 13.2. The number of piperidine rings is 1. The molecule has 0 amide bonds. The fourth-order valence-electron chi connectivity index (χ4n) is 4.18. The zero-order chi connectivity index (χ0) is 18.4. The van der Waals surface area contributed by atoms with Crippen molar-refractivity contribution in [1.82, 2.24) is 10.0 Å².